The number of rotatable bonds is 7. The van der Waals surface area contributed by atoms with E-state index in [0.29, 0.717) is 5.75 Å². The molecule has 3 rings (SSSR count). The van der Waals surface area contributed by atoms with Gasteiger partial charge in [-0.15, -0.1) is 0 Å². The molecule has 1 heterocycles. The van der Waals surface area contributed by atoms with Crippen molar-refractivity contribution >= 4 is 23.5 Å². The van der Waals surface area contributed by atoms with Crippen molar-refractivity contribution < 1.29 is 19.1 Å². The SMILES string of the molecule is COc1ccccc1C[C@@]1(C)NC(=O)N(CC(=O)N(c2ccccc2)C(C)C)C1=O. The van der Waals surface area contributed by atoms with Gasteiger partial charge in [0.25, 0.3) is 5.91 Å². The number of amides is 4. The summed E-state index contributed by atoms with van der Waals surface area (Å²) < 4.78 is 5.36. The van der Waals surface area contributed by atoms with E-state index in [0.717, 1.165) is 16.2 Å². The van der Waals surface area contributed by atoms with E-state index < -0.39 is 17.5 Å². The van der Waals surface area contributed by atoms with Crippen molar-refractivity contribution in [3.05, 3.63) is 60.2 Å². The van der Waals surface area contributed by atoms with Crippen LogP contribution in [0.4, 0.5) is 10.5 Å². The molecule has 7 nitrogen and oxygen atoms in total. The molecule has 0 radical (unpaired) electrons. The van der Waals surface area contributed by atoms with Crippen molar-refractivity contribution in [2.75, 3.05) is 18.6 Å². The summed E-state index contributed by atoms with van der Waals surface area (Å²) in [4.78, 5) is 41.4. The zero-order valence-corrected chi connectivity index (χ0v) is 17.7. The van der Waals surface area contributed by atoms with Crippen LogP contribution in [0.1, 0.15) is 26.3 Å². The highest BCUT2D eigenvalue weighted by Crippen LogP contribution is 2.28. The minimum absolute atomic E-state index is 0.124. The Morgan fingerprint density at radius 1 is 1.10 bits per heavy atom. The first-order chi connectivity index (χ1) is 14.3. The zero-order valence-electron chi connectivity index (χ0n) is 17.7. The van der Waals surface area contributed by atoms with Crippen LogP contribution < -0.4 is 15.0 Å². The maximum absolute atomic E-state index is 13.1. The van der Waals surface area contributed by atoms with Crippen molar-refractivity contribution in [3.63, 3.8) is 0 Å². The molecular weight excluding hydrogens is 382 g/mol. The third kappa shape index (κ3) is 4.15. The number of nitrogens with one attached hydrogen (secondary N) is 1. The van der Waals surface area contributed by atoms with Crippen LogP contribution in [0.25, 0.3) is 0 Å². The monoisotopic (exact) mass is 409 g/mol. The van der Waals surface area contributed by atoms with Crippen LogP contribution >= 0.6 is 0 Å². The second kappa shape index (κ2) is 8.57. The van der Waals surface area contributed by atoms with Gasteiger partial charge in [0.05, 0.1) is 7.11 Å². The largest absolute Gasteiger partial charge is 0.496 e. The fraction of sp³-hybridized carbons (Fsp3) is 0.348. The molecule has 1 N–H and O–H groups in total. The molecule has 0 bridgehead atoms. The Morgan fingerprint density at radius 3 is 2.37 bits per heavy atom. The second-order valence-electron chi connectivity index (χ2n) is 7.84. The molecule has 0 unspecified atom stereocenters. The molecule has 1 atom stereocenters. The Kier molecular flexibility index (Phi) is 6.10. The molecular formula is C23H27N3O4. The highest BCUT2D eigenvalue weighted by atomic mass is 16.5. The Balaban J connectivity index is 1.79. The van der Waals surface area contributed by atoms with Crippen LogP contribution in [0.15, 0.2) is 54.6 Å². The number of benzene rings is 2. The zero-order chi connectivity index (χ0) is 21.9. The van der Waals surface area contributed by atoms with E-state index in [1.165, 1.54) is 0 Å². The number of methoxy groups -OCH3 is 1. The second-order valence-corrected chi connectivity index (χ2v) is 7.84. The lowest BCUT2D eigenvalue weighted by Crippen LogP contribution is -2.48. The number of imide groups is 1. The molecule has 0 saturated carbocycles. The molecule has 1 fully saturated rings. The lowest BCUT2D eigenvalue weighted by atomic mass is 9.92. The van der Waals surface area contributed by atoms with Gasteiger partial charge in [-0.25, -0.2) is 4.79 Å². The molecule has 1 aliphatic rings. The lowest BCUT2D eigenvalue weighted by molar-refractivity contribution is -0.134. The van der Waals surface area contributed by atoms with Crippen LogP contribution in [0.5, 0.6) is 5.75 Å². The topological polar surface area (TPSA) is 79.0 Å². The summed E-state index contributed by atoms with van der Waals surface area (Å²) in [5, 5.41) is 2.75. The van der Waals surface area contributed by atoms with Crippen molar-refractivity contribution in [1.82, 2.24) is 10.2 Å². The van der Waals surface area contributed by atoms with Gasteiger partial charge in [0, 0.05) is 18.2 Å². The van der Waals surface area contributed by atoms with Gasteiger partial charge in [0.15, 0.2) is 0 Å². The first-order valence-corrected chi connectivity index (χ1v) is 9.90. The number of anilines is 1. The summed E-state index contributed by atoms with van der Waals surface area (Å²) in [6, 6.07) is 15.9. The van der Waals surface area contributed by atoms with Gasteiger partial charge in [0.1, 0.15) is 17.8 Å². The van der Waals surface area contributed by atoms with Gasteiger partial charge in [-0.1, -0.05) is 36.4 Å². The quantitative estimate of drug-likeness (QED) is 0.713. The van der Waals surface area contributed by atoms with Crippen molar-refractivity contribution in [1.29, 1.82) is 0 Å². The number of carbonyl (C=O) groups excluding carboxylic acids is 3. The summed E-state index contributed by atoms with van der Waals surface area (Å²) in [5.41, 5.74) is 0.375. The number of hydrogen-bond acceptors (Lipinski definition) is 4. The molecule has 158 valence electrons. The highest BCUT2D eigenvalue weighted by molar-refractivity contribution is 6.10. The van der Waals surface area contributed by atoms with Crippen LogP contribution in [0.2, 0.25) is 0 Å². The molecule has 1 saturated heterocycles. The first kappa shape index (κ1) is 21.4. The number of para-hydroxylation sites is 2. The molecule has 2 aromatic carbocycles. The van der Waals surface area contributed by atoms with Gasteiger partial charge in [0.2, 0.25) is 5.91 Å². The molecule has 2 aromatic rings. The summed E-state index contributed by atoms with van der Waals surface area (Å²) in [6.45, 7) is 5.13. The first-order valence-electron chi connectivity index (χ1n) is 9.90. The van der Waals surface area contributed by atoms with Crippen molar-refractivity contribution in [2.24, 2.45) is 0 Å². The minimum atomic E-state index is -1.15. The summed E-state index contributed by atoms with van der Waals surface area (Å²) in [6.07, 6.45) is 0.263. The van der Waals surface area contributed by atoms with Crippen LogP contribution in [-0.4, -0.2) is 48.0 Å². The highest BCUT2D eigenvalue weighted by Gasteiger charge is 2.49. The Morgan fingerprint density at radius 2 is 1.73 bits per heavy atom. The fourth-order valence-electron chi connectivity index (χ4n) is 3.77. The van der Waals surface area contributed by atoms with Gasteiger partial charge in [-0.05, 0) is 44.5 Å². The van der Waals surface area contributed by atoms with E-state index in [9.17, 15) is 14.4 Å². The van der Waals surface area contributed by atoms with E-state index in [2.05, 4.69) is 5.32 Å². The Bertz CT molecular complexity index is 944. The van der Waals surface area contributed by atoms with E-state index >= 15 is 0 Å². The predicted octanol–water partition coefficient (Wildman–Crippen LogP) is 2.99. The van der Waals surface area contributed by atoms with Crippen molar-refractivity contribution in [3.8, 4) is 5.75 Å². The Labute approximate surface area is 176 Å². The number of ether oxygens (including phenoxy) is 1. The molecule has 0 aromatic heterocycles. The summed E-state index contributed by atoms with van der Waals surface area (Å²) in [7, 11) is 1.56. The van der Waals surface area contributed by atoms with Gasteiger partial charge in [-0.2, -0.15) is 0 Å². The van der Waals surface area contributed by atoms with Gasteiger partial charge >= 0.3 is 6.03 Å². The molecule has 30 heavy (non-hydrogen) atoms. The number of carbonyl (C=O) groups is 3. The van der Waals surface area contributed by atoms with Crippen LogP contribution in [-0.2, 0) is 16.0 Å². The minimum Gasteiger partial charge on any atom is -0.496 e. The molecule has 0 spiro atoms. The van der Waals surface area contributed by atoms with Crippen molar-refractivity contribution in [2.45, 2.75) is 38.8 Å². The van der Waals surface area contributed by atoms with E-state index in [1.807, 2.05) is 68.4 Å². The molecule has 0 aliphatic carbocycles. The lowest BCUT2D eigenvalue weighted by Gasteiger charge is -2.28. The van der Waals surface area contributed by atoms with E-state index in [1.54, 1.807) is 18.9 Å². The number of hydrogen-bond donors (Lipinski definition) is 1. The normalized spacial score (nSPS) is 18.5. The summed E-state index contributed by atoms with van der Waals surface area (Å²) in [5.74, 6) is -0.102. The molecule has 4 amide bonds. The number of urea groups is 1. The fourth-order valence-corrected chi connectivity index (χ4v) is 3.77. The maximum Gasteiger partial charge on any atom is 0.325 e. The average molecular weight is 409 g/mol. The molecule has 1 aliphatic heterocycles. The molecule has 7 heteroatoms. The number of nitrogens with zero attached hydrogens (tertiary/aromatic N) is 2. The Hall–Kier alpha value is -3.35. The standard InChI is InChI=1S/C23H27N3O4/c1-16(2)26(18-11-6-5-7-12-18)20(27)15-25-21(28)23(3,24-22(25)29)14-17-10-8-9-13-19(17)30-4/h5-13,16H,14-15H2,1-4H3,(H,24,29)/t23-/m1/s1. The van der Waals surface area contributed by atoms with Crippen LogP contribution in [0.3, 0.4) is 0 Å². The third-order valence-corrected chi connectivity index (χ3v) is 5.19. The van der Waals surface area contributed by atoms with E-state index in [-0.39, 0.29) is 24.9 Å². The third-order valence-electron chi connectivity index (χ3n) is 5.19. The predicted molar refractivity (Wildman–Crippen MR) is 114 cm³/mol. The average Bonchev–Trinajstić information content (AvgIpc) is 2.92. The van der Waals surface area contributed by atoms with E-state index in [4.69, 9.17) is 4.74 Å². The van der Waals surface area contributed by atoms with Gasteiger partial charge < -0.3 is 15.0 Å². The summed E-state index contributed by atoms with van der Waals surface area (Å²) >= 11 is 0. The van der Waals surface area contributed by atoms with Gasteiger partial charge in [-0.3, -0.25) is 14.5 Å². The smallest absolute Gasteiger partial charge is 0.325 e. The van der Waals surface area contributed by atoms with Crippen LogP contribution in [0, 0.1) is 0 Å². The maximum atomic E-state index is 13.1.